The summed E-state index contributed by atoms with van der Waals surface area (Å²) in [7, 11) is 2.52. The van der Waals surface area contributed by atoms with Gasteiger partial charge in [-0.2, -0.15) is 0 Å². The number of methoxy groups -OCH3 is 2. The van der Waals surface area contributed by atoms with Gasteiger partial charge in [-0.1, -0.05) is 43.3 Å². The van der Waals surface area contributed by atoms with Gasteiger partial charge in [-0.3, -0.25) is 9.59 Å². The standard InChI is InChI=1S/C19H21NO5/c1-12(11-16(21)24-2)17(19(23)25-3)20-18(22)15-10-6-8-13-7-4-5-9-14(13)15/h4-10,12,17H,11H2,1-3H3,(H,20,22)/t12-,17+/m0/s1. The molecule has 0 aliphatic rings. The van der Waals surface area contributed by atoms with Gasteiger partial charge in [-0.25, -0.2) is 4.79 Å². The van der Waals surface area contributed by atoms with Crippen molar-refractivity contribution in [3.8, 4) is 0 Å². The fourth-order valence-electron chi connectivity index (χ4n) is 2.67. The lowest BCUT2D eigenvalue weighted by Gasteiger charge is -2.22. The van der Waals surface area contributed by atoms with Crippen LogP contribution in [0.2, 0.25) is 0 Å². The number of hydrogen-bond donors (Lipinski definition) is 1. The number of rotatable bonds is 6. The van der Waals surface area contributed by atoms with E-state index in [1.165, 1.54) is 14.2 Å². The van der Waals surface area contributed by atoms with Crippen molar-refractivity contribution < 1.29 is 23.9 Å². The fourth-order valence-corrected chi connectivity index (χ4v) is 2.67. The lowest BCUT2D eigenvalue weighted by Crippen LogP contribution is -2.46. The monoisotopic (exact) mass is 343 g/mol. The van der Waals surface area contributed by atoms with E-state index >= 15 is 0 Å². The number of nitrogens with one attached hydrogen (secondary N) is 1. The maximum Gasteiger partial charge on any atom is 0.328 e. The first-order valence-electron chi connectivity index (χ1n) is 7.91. The second-order valence-electron chi connectivity index (χ2n) is 5.76. The van der Waals surface area contributed by atoms with Crippen LogP contribution in [0.25, 0.3) is 10.8 Å². The second-order valence-corrected chi connectivity index (χ2v) is 5.76. The summed E-state index contributed by atoms with van der Waals surface area (Å²) >= 11 is 0. The number of hydrogen-bond acceptors (Lipinski definition) is 5. The number of benzene rings is 2. The van der Waals surface area contributed by atoms with Crippen molar-refractivity contribution in [1.82, 2.24) is 5.32 Å². The van der Waals surface area contributed by atoms with Gasteiger partial charge in [0.15, 0.2) is 0 Å². The Morgan fingerprint density at radius 2 is 1.68 bits per heavy atom. The highest BCUT2D eigenvalue weighted by Gasteiger charge is 2.30. The molecule has 0 spiro atoms. The molecule has 0 radical (unpaired) electrons. The van der Waals surface area contributed by atoms with E-state index in [2.05, 4.69) is 10.1 Å². The Morgan fingerprint density at radius 1 is 1.00 bits per heavy atom. The van der Waals surface area contributed by atoms with Crippen LogP contribution in [0.3, 0.4) is 0 Å². The van der Waals surface area contributed by atoms with E-state index in [0.29, 0.717) is 5.56 Å². The summed E-state index contributed by atoms with van der Waals surface area (Å²) in [6.45, 7) is 1.68. The Bertz CT molecular complexity index is 781. The SMILES string of the molecule is COC(=O)C[C@H](C)[C@@H](NC(=O)c1cccc2ccccc12)C(=O)OC. The average molecular weight is 343 g/mol. The quantitative estimate of drug-likeness (QED) is 0.814. The molecule has 0 bridgehead atoms. The molecule has 0 fully saturated rings. The Kier molecular flexibility index (Phi) is 6.11. The highest BCUT2D eigenvalue weighted by atomic mass is 16.5. The van der Waals surface area contributed by atoms with Crippen LogP contribution in [0.1, 0.15) is 23.7 Å². The van der Waals surface area contributed by atoms with Crippen molar-refractivity contribution in [2.24, 2.45) is 5.92 Å². The molecule has 0 saturated carbocycles. The minimum absolute atomic E-state index is 0.00785. The van der Waals surface area contributed by atoms with Crippen molar-refractivity contribution in [1.29, 1.82) is 0 Å². The first-order valence-corrected chi connectivity index (χ1v) is 7.91. The van der Waals surface area contributed by atoms with Crippen LogP contribution in [0.4, 0.5) is 0 Å². The van der Waals surface area contributed by atoms with Crippen LogP contribution in [-0.4, -0.2) is 38.1 Å². The van der Waals surface area contributed by atoms with Gasteiger partial charge < -0.3 is 14.8 Å². The maximum absolute atomic E-state index is 12.7. The molecule has 0 heterocycles. The fraction of sp³-hybridized carbons (Fsp3) is 0.316. The normalized spacial score (nSPS) is 12.9. The van der Waals surface area contributed by atoms with Crippen molar-refractivity contribution >= 4 is 28.6 Å². The Labute approximate surface area is 146 Å². The van der Waals surface area contributed by atoms with Gasteiger partial charge in [-0.05, 0) is 22.8 Å². The van der Waals surface area contributed by atoms with E-state index in [0.717, 1.165) is 10.8 Å². The summed E-state index contributed by atoms with van der Waals surface area (Å²) in [5.74, 6) is -1.94. The van der Waals surface area contributed by atoms with Gasteiger partial charge in [0.05, 0.1) is 20.6 Å². The Hall–Kier alpha value is -2.89. The van der Waals surface area contributed by atoms with Crippen molar-refractivity contribution in [2.75, 3.05) is 14.2 Å². The molecule has 2 aromatic rings. The van der Waals surface area contributed by atoms with E-state index in [-0.39, 0.29) is 6.42 Å². The molecule has 6 heteroatoms. The van der Waals surface area contributed by atoms with Crippen molar-refractivity contribution in [3.63, 3.8) is 0 Å². The van der Waals surface area contributed by atoms with Crippen LogP contribution >= 0.6 is 0 Å². The molecule has 1 N–H and O–H groups in total. The smallest absolute Gasteiger partial charge is 0.328 e. The molecule has 1 amide bonds. The maximum atomic E-state index is 12.7. The average Bonchev–Trinajstić information content (AvgIpc) is 2.64. The molecule has 0 unspecified atom stereocenters. The molecule has 0 saturated heterocycles. The Balaban J connectivity index is 2.26. The molecule has 2 aromatic carbocycles. The number of esters is 2. The van der Waals surface area contributed by atoms with Crippen LogP contribution in [0, 0.1) is 5.92 Å². The lowest BCUT2D eigenvalue weighted by molar-refractivity contribution is -0.146. The number of carbonyl (C=O) groups excluding carboxylic acids is 3. The molecule has 132 valence electrons. The molecule has 0 aliphatic carbocycles. The zero-order valence-corrected chi connectivity index (χ0v) is 14.4. The van der Waals surface area contributed by atoms with Crippen molar-refractivity contribution in [2.45, 2.75) is 19.4 Å². The summed E-state index contributed by atoms with van der Waals surface area (Å²) in [5.41, 5.74) is 0.456. The van der Waals surface area contributed by atoms with Gasteiger partial charge in [0.25, 0.3) is 5.91 Å². The number of ether oxygens (including phenoxy) is 2. The van der Waals surface area contributed by atoms with Crippen molar-refractivity contribution in [3.05, 3.63) is 48.0 Å². The summed E-state index contributed by atoms with van der Waals surface area (Å²) in [6, 6.07) is 11.9. The molecule has 25 heavy (non-hydrogen) atoms. The predicted molar refractivity (Wildman–Crippen MR) is 93.0 cm³/mol. The third-order valence-corrected chi connectivity index (χ3v) is 4.06. The molecule has 2 rings (SSSR count). The second kappa shape index (κ2) is 8.28. The molecular weight excluding hydrogens is 322 g/mol. The Morgan fingerprint density at radius 3 is 2.36 bits per heavy atom. The van der Waals surface area contributed by atoms with Gasteiger partial charge in [0.2, 0.25) is 0 Å². The van der Waals surface area contributed by atoms with Gasteiger partial charge in [0, 0.05) is 5.56 Å². The van der Waals surface area contributed by atoms with Crippen LogP contribution in [0.5, 0.6) is 0 Å². The first-order chi connectivity index (χ1) is 12.0. The number of amides is 1. The van der Waals surface area contributed by atoms with E-state index < -0.39 is 29.8 Å². The van der Waals surface area contributed by atoms with Crippen LogP contribution < -0.4 is 5.32 Å². The highest BCUT2D eigenvalue weighted by Crippen LogP contribution is 2.19. The van der Waals surface area contributed by atoms with E-state index in [4.69, 9.17) is 4.74 Å². The van der Waals surface area contributed by atoms with Gasteiger partial charge in [0.1, 0.15) is 6.04 Å². The summed E-state index contributed by atoms with van der Waals surface area (Å²) in [5, 5.41) is 4.39. The first kappa shape index (κ1) is 18.4. The number of carbonyl (C=O) groups is 3. The van der Waals surface area contributed by atoms with Crippen LogP contribution in [0.15, 0.2) is 42.5 Å². The highest BCUT2D eigenvalue weighted by molar-refractivity contribution is 6.08. The van der Waals surface area contributed by atoms with E-state index in [9.17, 15) is 14.4 Å². The lowest BCUT2D eigenvalue weighted by atomic mass is 9.97. The molecule has 0 aromatic heterocycles. The largest absolute Gasteiger partial charge is 0.469 e. The zero-order chi connectivity index (χ0) is 18.4. The third kappa shape index (κ3) is 4.35. The topological polar surface area (TPSA) is 81.7 Å². The predicted octanol–water partition coefficient (Wildman–Crippen LogP) is 2.31. The number of fused-ring (bicyclic) bond motifs is 1. The minimum atomic E-state index is -0.949. The summed E-state index contributed by atoms with van der Waals surface area (Å²) in [6.07, 6.45) is -0.00785. The minimum Gasteiger partial charge on any atom is -0.469 e. The summed E-state index contributed by atoms with van der Waals surface area (Å²) < 4.78 is 9.40. The van der Waals surface area contributed by atoms with Gasteiger partial charge >= 0.3 is 11.9 Å². The molecule has 6 nitrogen and oxygen atoms in total. The van der Waals surface area contributed by atoms with E-state index in [1.807, 2.05) is 30.3 Å². The third-order valence-electron chi connectivity index (χ3n) is 4.06. The van der Waals surface area contributed by atoms with E-state index in [1.54, 1.807) is 19.1 Å². The molecule has 0 aliphatic heterocycles. The molecular formula is C19H21NO5. The molecule has 2 atom stereocenters. The van der Waals surface area contributed by atoms with Crippen LogP contribution in [-0.2, 0) is 19.1 Å². The van der Waals surface area contributed by atoms with Gasteiger partial charge in [-0.15, -0.1) is 0 Å². The zero-order valence-electron chi connectivity index (χ0n) is 14.4. The summed E-state index contributed by atoms with van der Waals surface area (Å²) in [4.78, 5) is 36.3.